The van der Waals surface area contributed by atoms with E-state index in [1.807, 2.05) is 0 Å². The topological polar surface area (TPSA) is 64.0 Å². The Bertz CT molecular complexity index is 1080. The van der Waals surface area contributed by atoms with Crippen LogP contribution in [-0.4, -0.2) is 15.5 Å². The number of anilines is 1. The van der Waals surface area contributed by atoms with Gasteiger partial charge in [0.15, 0.2) is 0 Å². The predicted molar refractivity (Wildman–Crippen MR) is 93.7 cm³/mol. The lowest BCUT2D eigenvalue weighted by Crippen LogP contribution is -2.20. The molecule has 26 heavy (non-hydrogen) atoms. The van der Waals surface area contributed by atoms with Crippen molar-refractivity contribution in [2.24, 2.45) is 7.05 Å². The van der Waals surface area contributed by atoms with Crippen LogP contribution in [0.3, 0.4) is 0 Å². The molecule has 0 saturated heterocycles. The molecule has 0 aliphatic carbocycles. The Morgan fingerprint density at radius 1 is 1.23 bits per heavy atom. The summed E-state index contributed by atoms with van der Waals surface area (Å²) in [5.74, 6) is -0.222. The molecule has 0 aliphatic heterocycles. The number of alkyl halides is 3. The molecule has 0 radical (unpaired) electrons. The fourth-order valence-corrected chi connectivity index (χ4v) is 3.71. The summed E-state index contributed by atoms with van der Waals surface area (Å²) in [5, 5.41) is 2.60. The van der Waals surface area contributed by atoms with Gasteiger partial charge in [-0.25, -0.2) is 4.98 Å². The normalized spacial score (nSPS) is 11.8. The van der Waals surface area contributed by atoms with Crippen LogP contribution in [0.5, 0.6) is 0 Å². The molecule has 0 bridgehead atoms. The van der Waals surface area contributed by atoms with E-state index >= 15 is 0 Å². The second kappa shape index (κ2) is 6.24. The van der Waals surface area contributed by atoms with E-state index in [2.05, 4.69) is 10.3 Å². The summed E-state index contributed by atoms with van der Waals surface area (Å²) in [4.78, 5) is 29.8. The zero-order valence-electron chi connectivity index (χ0n) is 14.1. The standard InChI is InChI=1S/C17H14F3N3O2S/c1-8-12-15(21-9(2)23(3)16(12)25)26-13(8)14(24)22-11-7-5-4-6-10(11)17(18,19)20/h4-7H,1-3H3,(H,22,24). The van der Waals surface area contributed by atoms with Gasteiger partial charge >= 0.3 is 6.18 Å². The number of carbonyl (C=O) groups is 1. The third-order valence-electron chi connectivity index (χ3n) is 4.08. The van der Waals surface area contributed by atoms with E-state index in [1.54, 1.807) is 20.9 Å². The smallest absolute Gasteiger partial charge is 0.321 e. The Morgan fingerprint density at radius 2 is 1.88 bits per heavy atom. The number of halogens is 3. The molecule has 0 fully saturated rings. The minimum absolute atomic E-state index is 0.159. The van der Waals surface area contributed by atoms with Gasteiger partial charge in [0.05, 0.1) is 21.5 Å². The number of nitrogens with zero attached hydrogens (tertiary/aromatic N) is 2. The second-order valence-electron chi connectivity index (χ2n) is 5.76. The Balaban J connectivity index is 2.07. The maximum absolute atomic E-state index is 13.1. The summed E-state index contributed by atoms with van der Waals surface area (Å²) in [5.41, 5.74) is -1.16. The number of thiophene rings is 1. The Kier molecular flexibility index (Phi) is 4.35. The van der Waals surface area contributed by atoms with Crippen molar-refractivity contribution in [3.8, 4) is 0 Å². The van der Waals surface area contributed by atoms with Crippen molar-refractivity contribution in [1.82, 2.24) is 9.55 Å². The van der Waals surface area contributed by atoms with Gasteiger partial charge < -0.3 is 5.32 Å². The van der Waals surface area contributed by atoms with Crippen molar-refractivity contribution in [2.75, 3.05) is 5.32 Å². The summed E-state index contributed by atoms with van der Waals surface area (Å²) < 4.78 is 40.6. The summed E-state index contributed by atoms with van der Waals surface area (Å²) in [6.45, 7) is 3.25. The molecule has 3 rings (SSSR count). The summed E-state index contributed by atoms with van der Waals surface area (Å²) in [7, 11) is 1.57. The molecule has 0 unspecified atom stereocenters. The van der Waals surface area contributed by atoms with Gasteiger partial charge in [-0.15, -0.1) is 11.3 Å². The van der Waals surface area contributed by atoms with Gasteiger partial charge in [-0.1, -0.05) is 12.1 Å². The van der Waals surface area contributed by atoms with E-state index in [9.17, 15) is 22.8 Å². The number of aryl methyl sites for hydroxylation is 2. The highest BCUT2D eigenvalue weighted by Gasteiger charge is 2.34. The molecule has 0 aliphatic rings. The number of fused-ring (bicyclic) bond motifs is 1. The van der Waals surface area contributed by atoms with Crippen LogP contribution in [-0.2, 0) is 13.2 Å². The molecule has 2 heterocycles. The van der Waals surface area contributed by atoms with Gasteiger partial charge in [0.2, 0.25) is 0 Å². The van der Waals surface area contributed by atoms with Crippen LogP contribution < -0.4 is 10.9 Å². The highest BCUT2D eigenvalue weighted by Crippen LogP contribution is 2.35. The number of hydrogen-bond acceptors (Lipinski definition) is 4. The highest BCUT2D eigenvalue weighted by atomic mass is 32.1. The maximum atomic E-state index is 13.1. The molecular formula is C17H14F3N3O2S. The molecule has 1 amide bonds. The maximum Gasteiger partial charge on any atom is 0.418 e. The van der Waals surface area contributed by atoms with Crippen molar-refractivity contribution >= 4 is 33.1 Å². The molecule has 1 aromatic carbocycles. The first kappa shape index (κ1) is 18.1. The molecule has 0 spiro atoms. The Morgan fingerprint density at radius 3 is 2.54 bits per heavy atom. The first-order valence-electron chi connectivity index (χ1n) is 7.55. The van der Waals surface area contributed by atoms with Gasteiger partial charge in [0.25, 0.3) is 11.5 Å². The van der Waals surface area contributed by atoms with Gasteiger partial charge in [0.1, 0.15) is 10.7 Å². The molecule has 3 aromatic rings. The molecule has 5 nitrogen and oxygen atoms in total. The van der Waals surface area contributed by atoms with Crippen LogP contribution in [0.4, 0.5) is 18.9 Å². The summed E-state index contributed by atoms with van der Waals surface area (Å²) in [6, 6.07) is 4.74. The number of para-hydroxylation sites is 1. The molecular weight excluding hydrogens is 367 g/mol. The largest absolute Gasteiger partial charge is 0.418 e. The van der Waals surface area contributed by atoms with Crippen molar-refractivity contribution in [3.63, 3.8) is 0 Å². The van der Waals surface area contributed by atoms with Crippen LogP contribution in [0.25, 0.3) is 10.2 Å². The molecule has 136 valence electrons. The number of nitrogens with one attached hydrogen (secondary N) is 1. The molecule has 2 aromatic heterocycles. The van der Waals surface area contributed by atoms with Crippen molar-refractivity contribution in [2.45, 2.75) is 20.0 Å². The lowest BCUT2D eigenvalue weighted by molar-refractivity contribution is -0.136. The quantitative estimate of drug-likeness (QED) is 0.733. The van der Waals surface area contributed by atoms with E-state index in [4.69, 9.17) is 0 Å². The third-order valence-corrected chi connectivity index (χ3v) is 5.27. The first-order valence-corrected chi connectivity index (χ1v) is 8.37. The van der Waals surface area contributed by atoms with E-state index in [1.165, 1.54) is 22.8 Å². The average Bonchev–Trinajstić information content (AvgIpc) is 2.89. The van der Waals surface area contributed by atoms with Crippen molar-refractivity contribution < 1.29 is 18.0 Å². The van der Waals surface area contributed by atoms with Gasteiger partial charge in [-0.05, 0) is 31.5 Å². The minimum atomic E-state index is -4.59. The van der Waals surface area contributed by atoms with E-state index in [-0.39, 0.29) is 16.1 Å². The number of benzene rings is 1. The van der Waals surface area contributed by atoms with E-state index in [0.717, 1.165) is 17.4 Å². The zero-order valence-corrected chi connectivity index (χ0v) is 14.9. The van der Waals surface area contributed by atoms with Crippen LogP contribution in [0.1, 0.15) is 26.6 Å². The van der Waals surface area contributed by atoms with E-state index in [0.29, 0.717) is 21.6 Å². The van der Waals surface area contributed by atoms with Crippen molar-refractivity contribution in [1.29, 1.82) is 0 Å². The number of aromatic nitrogens is 2. The lowest BCUT2D eigenvalue weighted by Gasteiger charge is -2.13. The Hall–Kier alpha value is -2.68. The molecule has 0 saturated carbocycles. The fourth-order valence-electron chi connectivity index (χ4n) is 2.60. The van der Waals surface area contributed by atoms with Crippen molar-refractivity contribution in [3.05, 3.63) is 56.4 Å². The summed E-state index contributed by atoms with van der Waals surface area (Å²) >= 11 is 0.984. The third kappa shape index (κ3) is 2.98. The van der Waals surface area contributed by atoms with Crippen LogP contribution in [0, 0.1) is 13.8 Å². The second-order valence-corrected chi connectivity index (χ2v) is 6.76. The van der Waals surface area contributed by atoms with Gasteiger partial charge in [-0.2, -0.15) is 13.2 Å². The van der Waals surface area contributed by atoms with Crippen LogP contribution >= 0.6 is 11.3 Å². The average molecular weight is 381 g/mol. The van der Waals surface area contributed by atoms with Gasteiger partial charge in [-0.3, -0.25) is 14.2 Å². The number of hydrogen-bond donors (Lipinski definition) is 1. The SMILES string of the molecule is Cc1c(C(=O)Nc2ccccc2C(F)(F)F)sc2nc(C)n(C)c(=O)c12. The monoisotopic (exact) mass is 381 g/mol. The Labute approximate surface area is 150 Å². The summed E-state index contributed by atoms with van der Waals surface area (Å²) in [6.07, 6.45) is -4.59. The molecule has 1 N–H and O–H groups in total. The number of amides is 1. The minimum Gasteiger partial charge on any atom is -0.321 e. The molecule has 9 heteroatoms. The highest BCUT2D eigenvalue weighted by molar-refractivity contribution is 7.20. The van der Waals surface area contributed by atoms with Gasteiger partial charge in [0, 0.05) is 7.05 Å². The fraction of sp³-hybridized carbons (Fsp3) is 0.235. The van der Waals surface area contributed by atoms with Crippen LogP contribution in [0.2, 0.25) is 0 Å². The first-order chi connectivity index (χ1) is 12.1. The zero-order chi connectivity index (χ0) is 19.2. The number of carbonyl (C=O) groups excluding carboxylic acids is 1. The van der Waals surface area contributed by atoms with E-state index < -0.39 is 17.6 Å². The predicted octanol–water partition coefficient (Wildman–Crippen LogP) is 3.88. The van der Waals surface area contributed by atoms with Crippen LogP contribution in [0.15, 0.2) is 29.1 Å². The lowest BCUT2D eigenvalue weighted by atomic mass is 10.1. The molecule has 0 atom stereocenters. The number of rotatable bonds is 2.